The van der Waals surface area contributed by atoms with E-state index in [1.54, 1.807) is 0 Å². The van der Waals surface area contributed by atoms with E-state index in [2.05, 4.69) is 10.6 Å². The Kier molecular flexibility index (Phi) is 11.4. The van der Waals surface area contributed by atoms with Gasteiger partial charge in [-0.25, -0.2) is 0 Å². The molecule has 0 aromatic carbocycles. The predicted molar refractivity (Wildman–Crippen MR) is 72.3 cm³/mol. The van der Waals surface area contributed by atoms with E-state index in [-0.39, 0.29) is 14.9 Å². The highest BCUT2D eigenvalue weighted by molar-refractivity contribution is 5.75. The molecule has 0 heterocycles. The lowest BCUT2D eigenvalue weighted by Crippen LogP contribution is -2.27. The molecule has 0 aliphatic rings. The molecule has 0 saturated carbocycles. The average Bonchev–Trinajstić information content (AvgIpc) is 2.29. The molecule has 0 bridgehead atoms. The van der Waals surface area contributed by atoms with Crippen molar-refractivity contribution in [1.29, 1.82) is 0 Å². The van der Waals surface area contributed by atoms with Crippen LogP contribution in [0.3, 0.4) is 0 Å². The Hall–Kier alpha value is -0.650. The van der Waals surface area contributed by atoms with Crippen LogP contribution in [0.4, 0.5) is 0 Å². The highest BCUT2D eigenvalue weighted by atomic mass is 16.5. The van der Waals surface area contributed by atoms with Crippen LogP contribution in [-0.4, -0.2) is 52.0 Å². The van der Waals surface area contributed by atoms with Crippen LogP contribution in [0.2, 0.25) is 0 Å². The Labute approximate surface area is 107 Å². The van der Waals surface area contributed by atoms with Gasteiger partial charge in [0.2, 0.25) is 5.91 Å². The minimum absolute atomic E-state index is 0. The van der Waals surface area contributed by atoms with Gasteiger partial charge in [-0.05, 0) is 33.9 Å². The maximum absolute atomic E-state index is 11.3. The van der Waals surface area contributed by atoms with Crippen LogP contribution < -0.4 is 10.6 Å². The Balaban J connectivity index is -0.00000128. The van der Waals surface area contributed by atoms with Crippen molar-refractivity contribution in [3.63, 3.8) is 0 Å². The number of ether oxygens (including phenoxy) is 2. The molecule has 2 N–H and O–H groups in total. The maximum Gasteiger partial charge on any atom is 0.222 e. The second-order valence-electron chi connectivity index (χ2n) is 4.09. The second kappa shape index (κ2) is 11.8. The zero-order chi connectivity index (χ0) is 12.9. The molecule has 0 unspecified atom stereocenters. The lowest BCUT2D eigenvalue weighted by atomic mass is 10.4. The van der Waals surface area contributed by atoms with Gasteiger partial charge in [0.05, 0.1) is 25.9 Å². The molecule has 0 aromatic rings. The van der Waals surface area contributed by atoms with Gasteiger partial charge in [-0.1, -0.05) is 0 Å². The van der Waals surface area contributed by atoms with Gasteiger partial charge in [0, 0.05) is 15.8 Å². The van der Waals surface area contributed by atoms with E-state index in [1.807, 2.05) is 20.9 Å². The molecule has 0 atom stereocenters. The van der Waals surface area contributed by atoms with E-state index in [0.717, 1.165) is 19.5 Å². The van der Waals surface area contributed by atoms with E-state index in [0.29, 0.717) is 26.2 Å². The van der Waals surface area contributed by atoms with Crippen molar-refractivity contribution in [3.8, 4) is 0 Å². The SMILES string of the molecule is CNCCCNC(=O)CCOCCOC(C)C.[HH].[HH]. The van der Waals surface area contributed by atoms with Crippen LogP contribution in [0.25, 0.3) is 0 Å². The summed E-state index contributed by atoms with van der Waals surface area (Å²) in [5.41, 5.74) is 0. The molecule has 17 heavy (non-hydrogen) atoms. The summed E-state index contributed by atoms with van der Waals surface area (Å²) >= 11 is 0. The van der Waals surface area contributed by atoms with Crippen molar-refractivity contribution in [3.05, 3.63) is 0 Å². The normalized spacial score (nSPS) is 10.8. The van der Waals surface area contributed by atoms with Crippen molar-refractivity contribution in [2.45, 2.75) is 32.8 Å². The zero-order valence-corrected chi connectivity index (χ0v) is 11.3. The Morgan fingerprint density at radius 3 is 2.65 bits per heavy atom. The summed E-state index contributed by atoms with van der Waals surface area (Å²) in [4.78, 5) is 11.3. The Morgan fingerprint density at radius 1 is 1.24 bits per heavy atom. The minimum Gasteiger partial charge on any atom is -0.379 e. The number of carbonyl (C=O) groups is 1. The fourth-order valence-corrected chi connectivity index (χ4v) is 1.19. The second-order valence-corrected chi connectivity index (χ2v) is 4.09. The van der Waals surface area contributed by atoms with Crippen LogP contribution >= 0.6 is 0 Å². The van der Waals surface area contributed by atoms with Gasteiger partial charge in [0.25, 0.3) is 0 Å². The quantitative estimate of drug-likeness (QED) is 0.538. The van der Waals surface area contributed by atoms with E-state index in [1.165, 1.54) is 0 Å². The smallest absolute Gasteiger partial charge is 0.222 e. The van der Waals surface area contributed by atoms with Gasteiger partial charge in [-0.3, -0.25) is 4.79 Å². The van der Waals surface area contributed by atoms with Crippen molar-refractivity contribution in [2.75, 3.05) is 40.0 Å². The number of carbonyl (C=O) groups excluding carboxylic acids is 1. The van der Waals surface area contributed by atoms with Gasteiger partial charge in [-0.15, -0.1) is 0 Å². The van der Waals surface area contributed by atoms with Crippen LogP contribution in [0.15, 0.2) is 0 Å². The van der Waals surface area contributed by atoms with Crippen molar-refractivity contribution >= 4 is 5.91 Å². The highest BCUT2D eigenvalue weighted by Crippen LogP contribution is 1.89. The Bertz CT molecular complexity index is 196. The van der Waals surface area contributed by atoms with E-state index < -0.39 is 0 Å². The van der Waals surface area contributed by atoms with Gasteiger partial charge in [0.15, 0.2) is 0 Å². The largest absolute Gasteiger partial charge is 0.379 e. The molecule has 0 radical (unpaired) electrons. The molecule has 0 rings (SSSR count). The molecule has 106 valence electrons. The third kappa shape index (κ3) is 13.3. The summed E-state index contributed by atoms with van der Waals surface area (Å²) in [7, 11) is 1.90. The maximum atomic E-state index is 11.3. The third-order valence-corrected chi connectivity index (χ3v) is 2.08. The monoisotopic (exact) mass is 250 g/mol. The zero-order valence-electron chi connectivity index (χ0n) is 11.3. The lowest BCUT2D eigenvalue weighted by molar-refractivity contribution is -0.122. The Morgan fingerprint density at radius 2 is 2.00 bits per heavy atom. The highest BCUT2D eigenvalue weighted by Gasteiger charge is 2.00. The summed E-state index contributed by atoms with van der Waals surface area (Å²) in [6.45, 7) is 7.20. The van der Waals surface area contributed by atoms with Crippen molar-refractivity contribution in [1.82, 2.24) is 10.6 Å². The molecule has 0 aliphatic carbocycles. The summed E-state index contributed by atoms with van der Waals surface area (Å²) < 4.78 is 10.6. The molecule has 0 aromatic heterocycles. The average molecular weight is 250 g/mol. The molecule has 0 fully saturated rings. The van der Waals surface area contributed by atoms with Crippen LogP contribution in [-0.2, 0) is 14.3 Å². The first kappa shape index (κ1) is 16.4. The van der Waals surface area contributed by atoms with Crippen LogP contribution in [0.1, 0.15) is 29.5 Å². The van der Waals surface area contributed by atoms with Crippen molar-refractivity contribution < 1.29 is 17.1 Å². The number of rotatable bonds is 11. The van der Waals surface area contributed by atoms with Crippen LogP contribution in [0, 0.1) is 0 Å². The molecular weight excluding hydrogens is 220 g/mol. The summed E-state index contributed by atoms with van der Waals surface area (Å²) in [6.07, 6.45) is 1.60. The molecular formula is C12H30N2O3. The fourth-order valence-electron chi connectivity index (χ4n) is 1.19. The van der Waals surface area contributed by atoms with Gasteiger partial charge < -0.3 is 20.1 Å². The number of amides is 1. The summed E-state index contributed by atoms with van der Waals surface area (Å²) in [6, 6.07) is 0. The lowest BCUT2D eigenvalue weighted by Gasteiger charge is -2.08. The topological polar surface area (TPSA) is 59.6 Å². The summed E-state index contributed by atoms with van der Waals surface area (Å²) in [5, 5.41) is 5.86. The van der Waals surface area contributed by atoms with E-state index in [9.17, 15) is 4.79 Å². The first-order valence-corrected chi connectivity index (χ1v) is 6.27. The number of hydrogen-bond acceptors (Lipinski definition) is 4. The molecule has 1 amide bonds. The van der Waals surface area contributed by atoms with E-state index in [4.69, 9.17) is 9.47 Å². The molecule has 0 aliphatic heterocycles. The van der Waals surface area contributed by atoms with Crippen molar-refractivity contribution in [2.24, 2.45) is 0 Å². The molecule has 0 spiro atoms. The first-order chi connectivity index (χ1) is 8.16. The predicted octanol–water partition coefficient (Wildman–Crippen LogP) is 1.04. The third-order valence-electron chi connectivity index (χ3n) is 2.08. The first-order valence-electron chi connectivity index (χ1n) is 6.27. The molecule has 5 nitrogen and oxygen atoms in total. The number of hydrogen-bond donors (Lipinski definition) is 2. The van der Waals surface area contributed by atoms with Gasteiger partial charge in [-0.2, -0.15) is 0 Å². The van der Waals surface area contributed by atoms with Gasteiger partial charge in [0.1, 0.15) is 0 Å². The molecule has 5 heteroatoms. The summed E-state index contributed by atoms with van der Waals surface area (Å²) in [5.74, 6) is 0.0471. The standard InChI is InChI=1S/C12H26N2O3.2H2/c1-11(2)17-10-9-16-8-5-12(15)14-7-4-6-13-3;;/h11,13H,4-10H2,1-3H3,(H,14,15);2*1H. The fraction of sp³-hybridized carbons (Fsp3) is 0.917. The number of nitrogens with one attached hydrogen (secondary N) is 2. The minimum atomic E-state index is 0. The van der Waals surface area contributed by atoms with Gasteiger partial charge >= 0.3 is 0 Å². The van der Waals surface area contributed by atoms with E-state index >= 15 is 0 Å². The van der Waals surface area contributed by atoms with Crippen LogP contribution in [0.5, 0.6) is 0 Å². The molecule has 0 saturated heterocycles.